The summed E-state index contributed by atoms with van der Waals surface area (Å²) in [6.07, 6.45) is 5.83. The minimum atomic E-state index is -2.64. The molecule has 2 unspecified atom stereocenters. The second-order valence-corrected chi connectivity index (χ2v) is 11.1. The van der Waals surface area contributed by atoms with E-state index in [0.29, 0.717) is 11.1 Å². The number of primary amides is 1. The first-order valence-corrected chi connectivity index (χ1v) is 13.0. The van der Waals surface area contributed by atoms with Gasteiger partial charge in [0.25, 0.3) is 5.91 Å². The van der Waals surface area contributed by atoms with Crippen molar-refractivity contribution in [1.29, 1.82) is 0 Å². The number of likely N-dealkylation sites (N-methyl/N-ethyl adjacent to an activating group) is 1. The van der Waals surface area contributed by atoms with Crippen LogP contribution in [0.25, 0.3) is 5.76 Å². The van der Waals surface area contributed by atoms with Gasteiger partial charge in [-0.3, -0.25) is 19.3 Å². The van der Waals surface area contributed by atoms with E-state index in [1.807, 2.05) is 0 Å². The van der Waals surface area contributed by atoms with Crippen molar-refractivity contribution in [2.75, 3.05) is 14.1 Å². The average Bonchev–Trinajstić information content (AvgIpc) is 2.86. The van der Waals surface area contributed by atoms with Crippen LogP contribution < -0.4 is 5.73 Å². The molecule has 9 nitrogen and oxygen atoms in total. The lowest BCUT2D eigenvalue weighted by Crippen LogP contribution is -2.65. The lowest BCUT2D eigenvalue weighted by molar-refractivity contribution is -0.153. The van der Waals surface area contributed by atoms with Crippen LogP contribution in [-0.4, -0.2) is 68.5 Å². The highest BCUT2D eigenvalue weighted by Crippen LogP contribution is 2.52. The Labute approximate surface area is 220 Å². The topological polar surface area (TPSA) is 161 Å². The molecule has 4 aliphatic carbocycles. The van der Waals surface area contributed by atoms with E-state index in [2.05, 4.69) is 11.8 Å². The van der Waals surface area contributed by atoms with Gasteiger partial charge in [0.15, 0.2) is 11.4 Å². The predicted molar refractivity (Wildman–Crippen MR) is 138 cm³/mol. The number of carbonyl (C=O) groups excluding carboxylic acids is 3. The van der Waals surface area contributed by atoms with Crippen molar-refractivity contribution in [2.45, 2.75) is 56.6 Å². The summed E-state index contributed by atoms with van der Waals surface area (Å²) in [7, 11) is 3.15. The van der Waals surface area contributed by atoms with Gasteiger partial charge in [0, 0.05) is 23.0 Å². The number of nitrogens with two attached hydrogens (primary N) is 1. The number of aliphatic hydroxyl groups excluding tert-OH is 2. The summed E-state index contributed by atoms with van der Waals surface area (Å²) in [5, 5.41) is 44.5. The standard InChI is InChI=1S/C29H32N2O7/c1-31(2)23-18-13-16-12-17-15(9-8-14-6-4-3-5-7-14)10-11-19(32)21(17)24(33)20(16)26(35)29(18,38)27(36)22(25(23)34)28(30)37/h10-11,14,16,18,23,32-33,36,38H,3-7,12-13H2,1-2H3,(H2,30,37)/t16?,18?,23-,29-/m0/s1. The van der Waals surface area contributed by atoms with Crippen LogP contribution in [-0.2, 0) is 20.8 Å². The second kappa shape index (κ2) is 9.29. The van der Waals surface area contributed by atoms with Crippen molar-refractivity contribution in [3.05, 3.63) is 45.7 Å². The molecule has 4 aliphatic rings. The summed E-state index contributed by atoms with van der Waals surface area (Å²) in [5.74, 6) is 0.251. The maximum atomic E-state index is 13.9. The number of hydrogen-bond acceptors (Lipinski definition) is 8. The summed E-state index contributed by atoms with van der Waals surface area (Å²) in [4.78, 5) is 40.6. The van der Waals surface area contributed by atoms with Crippen molar-refractivity contribution < 1.29 is 34.8 Å². The van der Waals surface area contributed by atoms with Crippen molar-refractivity contribution in [3.63, 3.8) is 0 Å². The van der Waals surface area contributed by atoms with Crippen molar-refractivity contribution in [3.8, 4) is 17.6 Å². The number of phenolic OH excluding ortho intramolecular Hbond substituents is 1. The van der Waals surface area contributed by atoms with Crippen LogP contribution in [0.2, 0.25) is 0 Å². The van der Waals surface area contributed by atoms with Crippen LogP contribution in [0.3, 0.4) is 0 Å². The van der Waals surface area contributed by atoms with Crippen molar-refractivity contribution in [1.82, 2.24) is 4.90 Å². The quantitative estimate of drug-likeness (QED) is 0.292. The van der Waals surface area contributed by atoms with Crippen molar-refractivity contribution >= 4 is 23.2 Å². The lowest BCUT2D eigenvalue weighted by atomic mass is 9.57. The Balaban J connectivity index is 1.65. The molecule has 38 heavy (non-hydrogen) atoms. The van der Waals surface area contributed by atoms with Crippen LogP contribution in [0.4, 0.5) is 0 Å². The zero-order chi connectivity index (χ0) is 27.5. The largest absolute Gasteiger partial charge is 0.508 e. The zero-order valence-corrected chi connectivity index (χ0v) is 21.5. The Morgan fingerprint density at radius 2 is 1.79 bits per heavy atom. The van der Waals surface area contributed by atoms with Gasteiger partial charge in [0.1, 0.15) is 22.8 Å². The molecule has 9 heteroatoms. The van der Waals surface area contributed by atoms with E-state index in [4.69, 9.17) is 5.73 Å². The Hall–Kier alpha value is -3.61. The fourth-order valence-electron chi connectivity index (χ4n) is 6.79. The van der Waals surface area contributed by atoms with Gasteiger partial charge in [-0.15, -0.1) is 0 Å². The van der Waals surface area contributed by atoms with E-state index >= 15 is 0 Å². The molecule has 5 rings (SSSR count). The third-order valence-corrected chi connectivity index (χ3v) is 8.62. The number of nitrogens with zero attached hydrogens (tertiary/aromatic N) is 1. The minimum Gasteiger partial charge on any atom is -0.508 e. The summed E-state index contributed by atoms with van der Waals surface area (Å²) in [5.41, 5.74) is 3.03. The third-order valence-electron chi connectivity index (χ3n) is 8.62. The molecular formula is C29H32N2O7. The van der Waals surface area contributed by atoms with E-state index in [1.165, 1.54) is 17.4 Å². The normalized spacial score (nSPS) is 29.4. The number of benzene rings is 1. The van der Waals surface area contributed by atoms with Crippen LogP contribution in [0.15, 0.2) is 29.0 Å². The first kappa shape index (κ1) is 26.0. The highest BCUT2D eigenvalue weighted by atomic mass is 16.3. The van der Waals surface area contributed by atoms with E-state index < -0.39 is 58.0 Å². The van der Waals surface area contributed by atoms with Gasteiger partial charge in [0.2, 0.25) is 5.78 Å². The van der Waals surface area contributed by atoms with Gasteiger partial charge in [-0.05, 0) is 63.4 Å². The molecule has 4 atom stereocenters. The molecule has 1 aromatic rings. The Kier molecular flexibility index (Phi) is 6.36. The van der Waals surface area contributed by atoms with Crippen LogP contribution in [0.5, 0.6) is 5.75 Å². The third kappa shape index (κ3) is 3.74. The number of carbonyl (C=O) groups is 3. The number of ketones is 2. The molecule has 200 valence electrons. The Morgan fingerprint density at radius 3 is 2.42 bits per heavy atom. The number of rotatable bonds is 2. The lowest BCUT2D eigenvalue weighted by Gasteiger charge is -2.50. The maximum absolute atomic E-state index is 13.9. The molecular weight excluding hydrogens is 488 g/mol. The molecule has 0 aliphatic heterocycles. The molecule has 0 radical (unpaired) electrons. The van der Waals surface area contributed by atoms with Crippen LogP contribution >= 0.6 is 0 Å². The van der Waals surface area contributed by atoms with Gasteiger partial charge in [-0.2, -0.15) is 0 Å². The highest BCUT2D eigenvalue weighted by molar-refractivity contribution is 6.24. The highest BCUT2D eigenvalue weighted by Gasteiger charge is 2.64. The Bertz CT molecular complexity index is 1370. The van der Waals surface area contributed by atoms with E-state index in [0.717, 1.165) is 25.7 Å². The summed E-state index contributed by atoms with van der Waals surface area (Å²) < 4.78 is 0. The maximum Gasteiger partial charge on any atom is 0.255 e. The second-order valence-electron chi connectivity index (χ2n) is 11.1. The molecule has 1 amide bonds. The number of amides is 1. The predicted octanol–water partition coefficient (Wildman–Crippen LogP) is 1.90. The average molecular weight is 521 g/mol. The summed E-state index contributed by atoms with van der Waals surface area (Å²) >= 11 is 0. The van der Waals surface area contributed by atoms with Gasteiger partial charge >= 0.3 is 0 Å². The first-order valence-electron chi connectivity index (χ1n) is 13.0. The van der Waals surface area contributed by atoms with E-state index in [-0.39, 0.29) is 35.6 Å². The van der Waals surface area contributed by atoms with Crippen molar-refractivity contribution in [2.24, 2.45) is 23.5 Å². The van der Waals surface area contributed by atoms with E-state index in [9.17, 15) is 34.8 Å². The SMILES string of the molecule is CN(C)[C@@H]1C(=O)C(C(N)=O)=C(O)[C@@]2(O)C(=O)C3=C(O)c4c(O)ccc(C#CC5CCCCC5)c4CC3CC12. The van der Waals surface area contributed by atoms with Gasteiger partial charge in [0.05, 0.1) is 11.6 Å². The monoisotopic (exact) mass is 520 g/mol. The number of phenols is 1. The Morgan fingerprint density at radius 1 is 1.11 bits per heavy atom. The smallest absolute Gasteiger partial charge is 0.255 e. The van der Waals surface area contributed by atoms with E-state index in [1.54, 1.807) is 20.2 Å². The number of aliphatic hydroxyl groups is 3. The molecule has 0 aromatic heterocycles. The molecule has 1 aromatic carbocycles. The van der Waals surface area contributed by atoms with Crippen LogP contribution in [0, 0.1) is 29.6 Å². The number of hydrogen-bond donors (Lipinski definition) is 5. The van der Waals surface area contributed by atoms with Gasteiger partial charge in [-0.1, -0.05) is 31.1 Å². The fraction of sp³-hybridized carbons (Fsp3) is 0.483. The molecule has 0 saturated heterocycles. The van der Waals surface area contributed by atoms with Gasteiger partial charge in [-0.25, -0.2) is 0 Å². The van der Waals surface area contributed by atoms with Gasteiger partial charge < -0.3 is 26.2 Å². The first-order chi connectivity index (χ1) is 18.0. The number of aromatic hydroxyl groups is 1. The molecule has 6 N–H and O–H groups in total. The zero-order valence-electron chi connectivity index (χ0n) is 21.5. The summed E-state index contributed by atoms with van der Waals surface area (Å²) in [6, 6.07) is 2.00. The number of fused-ring (bicyclic) bond motifs is 3. The molecule has 0 bridgehead atoms. The number of Topliss-reactive ketones (excluding diaryl/α,β-unsaturated/α-hetero) is 2. The molecule has 2 fully saturated rings. The summed E-state index contributed by atoms with van der Waals surface area (Å²) in [6.45, 7) is 0. The molecule has 0 heterocycles. The molecule has 0 spiro atoms. The molecule has 2 saturated carbocycles. The van der Waals surface area contributed by atoms with Crippen LogP contribution in [0.1, 0.15) is 55.2 Å². The minimum absolute atomic E-state index is 0.0525. The fourth-order valence-corrected chi connectivity index (χ4v) is 6.79.